The van der Waals surface area contributed by atoms with Gasteiger partial charge in [-0.05, 0) is 149 Å². The molecule has 0 aliphatic carbocycles. The molecule has 0 N–H and O–H groups in total. The Morgan fingerprint density at radius 3 is 1.75 bits per heavy atom. The van der Waals surface area contributed by atoms with Crippen molar-refractivity contribution >= 4 is 54.5 Å². The maximum absolute atomic E-state index is 7.16. The van der Waals surface area contributed by atoms with Crippen molar-refractivity contribution < 1.29 is 24.5 Å². The average Bonchev–Trinajstić information content (AvgIpc) is 1.72. The number of aromatic nitrogens is 4. The molecule has 12 aromatic rings. The Labute approximate surface area is 512 Å². The Hall–Kier alpha value is -7.50. The Bertz CT molecular complexity index is 4310. The Morgan fingerprint density at radius 2 is 1.13 bits per heavy atom. The van der Waals surface area contributed by atoms with Crippen molar-refractivity contribution in [2.75, 3.05) is 0 Å². The SMILES string of the molecule is CC(C)(C)c1ccnc(-c2[c-]cccc2)n1.CC(C)c1cc(C(C)C)c(-c2ccc(-c3cc(C(C)C)c(-n4c(-c5[c-]cc(C(C)(C)C)c6c5oc5cc7c(ccc8ccccc87)cc56)nc5ccccc54)c(C(C)C)c3)cc2)c(C(C)C)c1.[Ir]. The summed E-state index contributed by atoms with van der Waals surface area (Å²) < 4.78 is 9.59. The second-order valence-electron chi connectivity index (χ2n) is 26.5. The maximum Gasteiger partial charge on any atom is 0.121 e. The Balaban J connectivity index is 0.000000399. The van der Waals surface area contributed by atoms with Gasteiger partial charge in [0.25, 0.3) is 0 Å². The third-order valence-electron chi connectivity index (χ3n) is 16.7. The molecule has 429 valence electrons. The van der Waals surface area contributed by atoms with Crippen LogP contribution in [0.15, 0.2) is 168 Å². The fourth-order valence-electron chi connectivity index (χ4n) is 12.0. The molecule has 0 fully saturated rings. The number of hydrogen-bond donors (Lipinski definition) is 0. The van der Waals surface area contributed by atoms with Gasteiger partial charge in [0.2, 0.25) is 0 Å². The predicted molar refractivity (Wildman–Crippen MR) is 353 cm³/mol. The number of rotatable bonds is 10. The van der Waals surface area contributed by atoms with Gasteiger partial charge in [-0.15, -0.1) is 53.6 Å². The van der Waals surface area contributed by atoms with Crippen LogP contribution in [0.3, 0.4) is 0 Å². The van der Waals surface area contributed by atoms with E-state index in [1.807, 2.05) is 36.5 Å². The predicted octanol–water partition coefficient (Wildman–Crippen LogP) is 22.2. The van der Waals surface area contributed by atoms with Crippen LogP contribution in [-0.4, -0.2) is 19.5 Å². The average molecular weight is 1280 g/mol. The van der Waals surface area contributed by atoms with E-state index >= 15 is 0 Å². The molecule has 0 spiro atoms. The van der Waals surface area contributed by atoms with Gasteiger partial charge in [-0.3, -0.25) is 15.0 Å². The Morgan fingerprint density at radius 1 is 0.512 bits per heavy atom. The van der Waals surface area contributed by atoms with E-state index in [-0.39, 0.29) is 42.8 Å². The maximum atomic E-state index is 7.16. The number of nitrogens with zero attached hydrogens (tertiary/aromatic N) is 4. The third-order valence-corrected chi connectivity index (χ3v) is 16.7. The van der Waals surface area contributed by atoms with Crippen molar-refractivity contribution in [3.63, 3.8) is 0 Å². The summed E-state index contributed by atoms with van der Waals surface area (Å²) in [5.74, 6) is 3.35. The molecule has 3 aromatic heterocycles. The summed E-state index contributed by atoms with van der Waals surface area (Å²) in [5.41, 5.74) is 20.9. The van der Waals surface area contributed by atoms with E-state index in [0.29, 0.717) is 17.8 Å². The summed E-state index contributed by atoms with van der Waals surface area (Å²) in [6.45, 7) is 36.5. The molecule has 12 rings (SSSR count). The fraction of sp³-hybridized carbons (Fsp3) is 0.295. The summed E-state index contributed by atoms with van der Waals surface area (Å²) in [6.07, 6.45) is 1.81. The third kappa shape index (κ3) is 11.3. The summed E-state index contributed by atoms with van der Waals surface area (Å²) in [7, 11) is 0. The van der Waals surface area contributed by atoms with Gasteiger partial charge >= 0.3 is 0 Å². The van der Waals surface area contributed by atoms with Crippen LogP contribution in [0.5, 0.6) is 0 Å². The topological polar surface area (TPSA) is 56.7 Å². The van der Waals surface area contributed by atoms with Crippen LogP contribution in [0.2, 0.25) is 0 Å². The minimum atomic E-state index is -0.155. The molecule has 0 unspecified atom stereocenters. The molecule has 1 radical (unpaired) electrons. The van der Waals surface area contributed by atoms with Crippen molar-refractivity contribution in [2.24, 2.45) is 0 Å². The van der Waals surface area contributed by atoms with Gasteiger partial charge in [0.15, 0.2) is 0 Å². The molecule has 0 atom stereocenters. The second kappa shape index (κ2) is 23.5. The van der Waals surface area contributed by atoms with Crippen LogP contribution in [0.25, 0.3) is 105 Å². The molecule has 84 heavy (non-hydrogen) atoms. The summed E-state index contributed by atoms with van der Waals surface area (Å²) >= 11 is 0. The first-order chi connectivity index (χ1) is 39.6. The van der Waals surface area contributed by atoms with Gasteiger partial charge in [-0.2, -0.15) is 0 Å². The largest absolute Gasteiger partial charge is 0.501 e. The van der Waals surface area contributed by atoms with Crippen molar-refractivity contribution in [3.8, 4) is 50.7 Å². The van der Waals surface area contributed by atoms with E-state index in [0.717, 1.165) is 61.4 Å². The standard InChI is InChI=1S/C64H65N2O.C14H15N2.Ir/c1-36(2)45-31-49(37(3)4)59(50(32-45)38(5)6)43-25-22-41(23-26-43)46-33-51(39(7)8)61(52(34-46)40(9)10)66-57-21-17-16-20-56(57)65-63(66)48-28-29-55(64(11,12)13)60-54-30-44-27-24-42-18-14-15-19-47(42)53(44)35-58(54)67-62(48)60;1-14(2,3)12-9-10-15-13(16-12)11-7-5-4-6-8-11;/h14-27,29-40H,1-13H3;4-7,9-10H,1-3H3;/q2*-1;. The molecule has 0 saturated heterocycles. The molecule has 0 saturated carbocycles. The van der Waals surface area contributed by atoms with Gasteiger partial charge in [-0.25, -0.2) is 0 Å². The van der Waals surface area contributed by atoms with Crippen LogP contribution in [0, 0.1) is 12.1 Å². The number of imidazole rings is 1. The van der Waals surface area contributed by atoms with Crippen molar-refractivity contribution in [2.45, 2.75) is 151 Å². The molecule has 0 aliphatic rings. The van der Waals surface area contributed by atoms with Crippen LogP contribution < -0.4 is 0 Å². The first-order valence-corrected chi connectivity index (χ1v) is 30.0. The minimum Gasteiger partial charge on any atom is -0.501 e. The van der Waals surface area contributed by atoms with E-state index < -0.39 is 0 Å². The molecule has 9 aromatic carbocycles. The zero-order valence-electron chi connectivity index (χ0n) is 52.0. The summed E-state index contributed by atoms with van der Waals surface area (Å²) in [6, 6.07) is 64.4. The fourth-order valence-corrected chi connectivity index (χ4v) is 12.0. The second-order valence-corrected chi connectivity index (χ2v) is 26.5. The zero-order chi connectivity index (χ0) is 58.8. The van der Waals surface area contributed by atoms with E-state index in [9.17, 15) is 0 Å². The monoisotopic (exact) mass is 1280 g/mol. The van der Waals surface area contributed by atoms with Gasteiger partial charge in [0.05, 0.1) is 28.3 Å². The van der Waals surface area contributed by atoms with Crippen LogP contribution in [0.1, 0.15) is 179 Å². The number of furan rings is 1. The first kappa shape index (κ1) is 59.7. The molecular formula is C78H80IrN4O-2. The molecule has 3 heterocycles. The van der Waals surface area contributed by atoms with Crippen LogP contribution in [-0.2, 0) is 30.9 Å². The van der Waals surface area contributed by atoms with Crippen LogP contribution in [0.4, 0.5) is 0 Å². The van der Waals surface area contributed by atoms with Gasteiger partial charge in [0.1, 0.15) is 5.58 Å². The smallest absolute Gasteiger partial charge is 0.121 e. The minimum absolute atomic E-state index is 0. The van der Waals surface area contributed by atoms with E-state index in [1.54, 1.807) is 0 Å². The molecule has 5 nitrogen and oxygen atoms in total. The van der Waals surface area contributed by atoms with Gasteiger partial charge < -0.3 is 8.98 Å². The van der Waals surface area contributed by atoms with E-state index in [2.05, 4.69) is 265 Å². The summed E-state index contributed by atoms with van der Waals surface area (Å²) in [4.78, 5) is 14.4. The van der Waals surface area contributed by atoms with Gasteiger partial charge in [0, 0.05) is 48.5 Å². The quantitative estimate of drug-likeness (QED) is 0.101. The number of benzene rings is 9. The molecular weight excluding hydrogens is 1200 g/mol. The molecule has 0 bridgehead atoms. The first-order valence-electron chi connectivity index (χ1n) is 30.0. The number of hydrogen-bond acceptors (Lipinski definition) is 4. The molecule has 6 heteroatoms. The number of para-hydroxylation sites is 2. The summed E-state index contributed by atoms with van der Waals surface area (Å²) in [5, 5.41) is 7.10. The Kier molecular flexibility index (Phi) is 16.7. The normalized spacial score (nSPS) is 12.2. The van der Waals surface area contributed by atoms with Gasteiger partial charge in [-0.1, -0.05) is 207 Å². The van der Waals surface area contributed by atoms with E-state index in [1.165, 1.54) is 82.9 Å². The van der Waals surface area contributed by atoms with Crippen molar-refractivity contribution in [3.05, 3.63) is 215 Å². The number of fused-ring (bicyclic) bond motifs is 7. The van der Waals surface area contributed by atoms with Crippen LogP contribution >= 0.6 is 0 Å². The molecule has 0 aliphatic heterocycles. The zero-order valence-corrected chi connectivity index (χ0v) is 54.4. The van der Waals surface area contributed by atoms with Crippen molar-refractivity contribution in [1.29, 1.82) is 0 Å². The van der Waals surface area contributed by atoms with Crippen molar-refractivity contribution in [1.82, 2.24) is 19.5 Å². The van der Waals surface area contributed by atoms with E-state index in [4.69, 9.17) is 9.40 Å². The molecule has 0 amide bonds.